The Labute approximate surface area is 191 Å². The molecule has 2 aromatic rings. The molecule has 0 aliphatic carbocycles. The predicted molar refractivity (Wildman–Crippen MR) is 123 cm³/mol. The second-order valence-corrected chi connectivity index (χ2v) is 10.7. The van der Waals surface area contributed by atoms with Gasteiger partial charge in [0.05, 0.1) is 30.4 Å². The van der Waals surface area contributed by atoms with Crippen molar-refractivity contribution in [1.82, 2.24) is 9.21 Å². The highest BCUT2D eigenvalue weighted by Crippen LogP contribution is 2.27. The smallest absolute Gasteiger partial charge is 0.244 e. The van der Waals surface area contributed by atoms with E-state index in [4.69, 9.17) is 9.15 Å². The van der Waals surface area contributed by atoms with Gasteiger partial charge >= 0.3 is 0 Å². The van der Waals surface area contributed by atoms with E-state index in [-0.39, 0.29) is 36.0 Å². The molecule has 2 heterocycles. The van der Waals surface area contributed by atoms with Crippen molar-refractivity contribution in [2.24, 2.45) is 0 Å². The highest BCUT2D eigenvalue weighted by atomic mass is 32.2. The number of amides is 1. The van der Waals surface area contributed by atoms with Crippen molar-refractivity contribution in [1.29, 1.82) is 0 Å². The number of hydrogen-bond acceptors (Lipinski definition) is 5. The number of carbonyl (C=O) groups is 1. The second kappa shape index (κ2) is 10.2. The van der Waals surface area contributed by atoms with Gasteiger partial charge in [-0.05, 0) is 70.7 Å². The van der Waals surface area contributed by atoms with E-state index in [1.54, 1.807) is 44.9 Å². The fourth-order valence-electron chi connectivity index (χ4n) is 4.35. The summed E-state index contributed by atoms with van der Waals surface area (Å²) in [5, 5.41) is 0. The van der Waals surface area contributed by atoms with Crippen molar-refractivity contribution in [3.05, 3.63) is 53.0 Å². The molecule has 0 bridgehead atoms. The van der Waals surface area contributed by atoms with Crippen molar-refractivity contribution in [3.63, 3.8) is 0 Å². The first kappa shape index (κ1) is 24.5. The number of rotatable bonds is 9. The van der Waals surface area contributed by atoms with Crippen molar-refractivity contribution in [2.75, 3.05) is 19.7 Å². The second-order valence-electron chi connectivity index (χ2n) is 8.86. The van der Waals surface area contributed by atoms with Crippen LogP contribution in [0.2, 0.25) is 0 Å². The monoisotopic (exact) mass is 462 g/mol. The zero-order valence-electron chi connectivity index (χ0n) is 19.6. The topological polar surface area (TPSA) is 80.1 Å². The maximum Gasteiger partial charge on any atom is 0.244 e. The quantitative estimate of drug-likeness (QED) is 0.566. The van der Waals surface area contributed by atoms with Crippen LogP contribution in [0.25, 0.3) is 0 Å². The zero-order valence-corrected chi connectivity index (χ0v) is 20.4. The molecule has 0 spiro atoms. The fraction of sp³-hybridized carbons (Fsp3) is 0.542. The Bertz CT molecular complexity index is 1000. The first-order chi connectivity index (χ1) is 15.1. The Morgan fingerprint density at radius 3 is 2.41 bits per heavy atom. The van der Waals surface area contributed by atoms with E-state index >= 15 is 0 Å². The molecule has 1 aromatic heterocycles. The number of carbonyl (C=O) groups excluding carboxylic acids is 1. The molecular formula is C24H34N2O5S. The number of furan rings is 1. The first-order valence-electron chi connectivity index (χ1n) is 11.1. The van der Waals surface area contributed by atoms with Gasteiger partial charge in [-0.3, -0.25) is 4.79 Å². The molecule has 7 nitrogen and oxygen atoms in total. The number of sulfonamides is 1. The lowest BCUT2D eigenvalue weighted by molar-refractivity contribution is -0.134. The first-order valence-corrected chi connectivity index (χ1v) is 12.5. The Kier molecular flexibility index (Phi) is 7.79. The fourth-order valence-corrected chi connectivity index (χ4v) is 6.35. The molecule has 0 radical (unpaired) electrons. The lowest BCUT2D eigenvalue weighted by Gasteiger charge is -2.31. The Hall–Kier alpha value is -2.16. The maximum atomic E-state index is 13.7. The van der Waals surface area contributed by atoms with Crippen LogP contribution < -0.4 is 0 Å². The standard InChI is InChI=1S/C24H34N2O5S/c1-17(2)26(32(28,29)24-19(4)12-18(3)13-20(24)5)16-23(27)25(14-21-8-6-10-30-21)15-22-9-7-11-31-22/h6,8,10,12-13,17,22H,7,9,11,14-16H2,1-5H3. The third kappa shape index (κ3) is 5.60. The van der Waals surface area contributed by atoms with E-state index in [9.17, 15) is 13.2 Å². The van der Waals surface area contributed by atoms with Gasteiger partial charge in [0.2, 0.25) is 15.9 Å². The summed E-state index contributed by atoms with van der Waals surface area (Å²) in [5.41, 5.74) is 2.38. The van der Waals surface area contributed by atoms with Gasteiger partial charge in [0.15, 0.2) is 0 Å². The molecule has 32 heavy (non-hydrogen) atoms. The Morgan fingerprint density at radius 1 is 1.19 bits per heavy atom. The minimum Gasteiger partial charge on any atom is -0.467 e. The van der Waals surface area contributed by atoms with E-state index in [2.05, 4.69) is 0 Å². The largest absolute Gasteiger partial charge is 0.467 e. The highest BCUT2D eigenvalue weighted by molar-refractivity contribution is 7.89. The summed E-state index contributed by atoms with van der Waals surface area (Å²) >= 11 is 0. The number of nitrogens with zero attached hydrogens (tertiary/aromatic N) is 2. The van der Waals surface area contributed by atoms with Gasteiger partial charge in [-0.15, -0.1) is 0 Å². The zero-order chi connectivity index (χ0) is 23.5. The van der Waals surface area contributed by atoms with Crippen LogP contribution in [0.5, 0.6) is 0 Å². The number of hydrogen-bond donors (Lipinski definition) is 0. The molecule has 0 N–H and O–H groups in total. The summed E-state index contributed by atoms with van der Waals surface area (Å²) in [6.07, 6.45) is 3.37. The van der Waals surface area contributed by atoms with E-state index in [0.29, 0.717) is 30.0 Å². The van der Waals surface area contributed by atoms with Crippen LogP contribution in [0.1, 0.15) is 49.1 Å². The van der Waals surface area contributed by atoms with Gasteiger partial charge in [0, 0.05) is 19.2 Å². The Morgan fingerprint density at radius 2 is 1.88 bits per heavy atom. The van der Waals surface area contributed by atoms with E-state index in [0.717, 1.165) is 18.4 Å². The molecule has 1 unspecified atom stereocenters. The van der Waals surface area contributed by atoms with Crippen LogP contribution in [0.15, 0.2) is 39.8 Å². The van der Waals surface area contributed by atoms with Gasteiger partial charge in [-0.2, -0.15) is 4.31 Å². The van der Waals surface area contributed by atoms with Crippen molar-refractivity contribution in [3.8, 4) is 0 Å². The van der Waals surface area contributed by atoms with Gasteiger partial charge < -0.3 is 14.1 Å². The van der Waals surface area contributed by atoms with Gasteiger partial charge in [-0.25, -0.2) is 8.42 Å². The molecule has 176 valence electrons. The molecule has 1 aliphatic heterocycles. The van der Waals surface area contributed by atoms with Crippen LogP contribution in [0.3, 0.4) is 0 Å². The van der Waals surface area contributed by atoms with Gasteiger partial charge in [0.25, 0.3) is 0 Å². The number of ether oxygens (including phenoxy) is 1. The van der Waals surface area contributed by atoms with Crippen molar-refractivity contribution < 1.29 is 22.4 Å². The maximum absolute atomic E-state index is 13.7. The summed E-state index contributed by atoms with van der Waals surface area (Å²) in [7, 11) is -3.87. The highest BCUT2D eigenvalue weighted by Gasteiger charge is 2.34. The molecule has 1 saturated heterocycles. The summed E-state index contributed by atoms with van der Waals surface area (Å²) in [4.78, 5) is 15.3. The Balaban J connectivity index is 1.87. The van der Waals surface area contributed by atoms with E-state index < -0.39 is 10.0 Å². The molecule has 1 amide bonds. The van der Waals surface area contributed by atoms with E-state index in [1.165, 1.54) is 4.31 Å². The number of benzene rings is 1. The van der Waals surface area contributed by atoms with Crippen LogP contribution in [0.4, 0.5) is 0 Å². The molecule has 1 aliphatic rings. The van der Waals surface area contributed by atoms with Crippen LogP contribution >= 0.6 is 0 Å². The van der Waals surface area contributed by atoms with E-state index in [1.807, 2.05) is 25.1 Å². The predicted octanol–water partition coefficient (Wildman–Crippen LogP) is 3.81. The summed E-state index contributed by atoms with van der Waals surface area (Å²) in [6.45, 7) is 10.3. The summed E-state index contributed by atoms with van der Waals surface area (Å²) in [6, 6.07) is 6.93. The van der Waals surface area contributed by atoms with Crippen LogP contribution in [-0.2, 0) is 26.1 Å². The molecule has 1 aromatic carbocycles. The molecule has 8 heteroatoms. The van der Waals surface area contributed by atoms with Crippen LogP contribution in [0, 0.1) is 20.8 Å². The molecule has 1 atom stereocenters. The molecule has 1 fully saturated rings. The average Bonchev–Trinajstić information content (AvgIpc) is 3.38. The molecule has 0 saturated carbocycles. The summed E-state index contributed by atoms with van der Waals surface area (Å²) in [5.74, 6) is 0.386. The SMILES string of the molecule is Cc1cc(C)c(S(=O)(=O)N(CC(=O)N(Cc2ccco2)CC2CCCO2)C(C)C)c(C)c1. The van der Waals surface area contributed by atoms with Gasteiger partial charge in [0.1, 0.15) is 5.76 Å². The summed E-state index contributed by atoms with van der Waals surface area (Å²) < 4.78 is 39.8. The average molecular weight is 463 g/mol. The third-order valence-corrected chi connectivity index (χ3v) is 8.09. The van der Waals surface area contributed by atoms with Crippen molar-refractivity contribution in [2.45, 2.75) is 71.0 Å². The minimum atomic E-state index is -3.87. The van der Waals surface area contributed by atoms with Crippen LogP contribution in [-0.4, -0.2) is 55.4 Å². The number of aryl methyl sites for hydroxylation is 3. The molecular weight excluding hydrogens is 428 g/mol. The van der Waals surface area contributed by atoms with Gasteiger partial charge in [-0.1, -0.05) is 17.7 Å². The normalized spacial score (nSPS) is 16.8. The lowest BCUT2D eigenvalue weighted by Crippen LogP contribution is -2.47. The lowest BCUT2D eigenvalue weighted by atomic mass is 10.1. The van der Waals surface area contributed by atoms with Crippen molar-refractivity contribution >= 4 is 15.9 Å². The molecule has 3 rings (SSSR count). The minimum absolute atomic E-state index is 0.0420. The third-order valence-electron chi connectivity index (χ3n) is 5.77.